The third-order valence-electron chi connectivity index (χ3n) is 4.26. The minimum absolute atomic E-state index is 0.184. The van der Waals surface area contributed by atoms with Crippen LogP contribution in [-0.4, -0.2) is 22.7 Å². The number of phenolic OH excluding ortho intramolecular Hbond substituents is 1. The molecule has 28 heavy (non-hydrogen) atoms. The third kappa shape index (κ3) is 4.78. The summed E-state index contributed by atoms with van der Waals surface area (Å²) in [5.74, 6) is 0.624. The molecular formula is C22H22N2O3S. The normalized spacial score (nSPS) is 10.5. The van der Waals surface area contributed by atoms with Crippen molar-refractivity contribution in [2.75, 3.05) is 11.9 Å². The molecule has 0 saturated heterocycles. The van der Waals surface area contributed by atoms with Crippen molar-refractivity contribution in [1.82, 2.24) is 5.32 Å². The molecule has 5 nitrogen and oxygen atoms in total. The van der Waals surface area contributed by atoms with Gasteiger partial charge in [-0.3, -0.25) is 10.1 Å². The Morgan fingerprint density at radius 2 is 1.75 bits per heavy atom. The maximum absolute atomic E-state index is 12.4. The molecule has 0 heterocycles. The van der Waals surface area contributed by atoms with Crippen LogP contribution in [0.3, 0.4) is 0 Å². The molecule has 0 aromatic heterocycles. The highest BCUT2D eigenvalue weighted by molar-refractivity contribution is 7.80. The van der Waals surface area contributed by atoms with Gasteiger partial charge in [-0.25, -0.2) is 0 Å². The number of hydrogen-bond acceptors (Lipinski definition) is 4. The first kappa shape index (κ1) is 19.6. The molecule has 0 bridgehead atoms. The number of benzene rings is 3. The molecule has 0 aliphatic carbocycles. The van der Waals surface area contributed by atoms with Gasteiger partial charge in [-0.05, 0) is 55.0 Å². The van der Waals surface area contributed by atoms with Gasteiger partial charge >= 0.3 is 0 Å². The van der Waals surface area contributed by atoms with Crippen molar-refractivity contribution in [3.05, 3.63) is 66.2 Å². The van der Waals surface area contributed by atoms with Gasteiger partial charge in [-0.15, -0.1) is 0 Å². The fraction of sp³-hybridized carbons (Fsp3) is 0.182. The number of nitrogens with one attached hydrogen (secondary N) is 2. The lowest BCUT2D eigenvalue weighted by Gasteiger charge is -2.12. The van der Waals surface area contributed by atoms with Crippen molar-refractivity contribution in [2.45, 2.75) is 19.8 Å². The molecule has 0 aliphatic heterocycles. The fourth-order valence-electron chi connectivity index (χ4n) is 2.77. The molecule has 1 amide bonds. The van der Waals surface area contributed by atoms with Crippen molar-refractivity contribution in [1.29, 1.82) is 0 Å². The minimum Gasteiger partial charge on any atom is -0.507 e. The third-order valence-corrected chi connectivity index (χ3v) is 4.46. The molecule has 0 radical (unpaired) electrons. The number of thiocarbonyl (C=S) groups is 1. The van der Waals surface area contributed by atoms with Crippen LogP contribution in [0.2, 0.25) is 0 Å². The van der Waals surface area contributed by atoms with E-state index in [1.54, 1.807) is 36.4 Å². The van der Waals surface area contributed by atoms with E-state index in [1.807, 2.05) is 24.3 Å². The maximum Gasteiger partial charge on any atom is 0.257 e. The number of unbranched alkanes of at least 4 members (excludes halogenated alkanes) is 1. The second kappa shape index (κ2) is 9.19. The Labute approximate surface area is 169 Å². The molecule has 0 unspecified atom stereocenters. The largest absolute Gasteiger partial charge is 0.507 e. The van der Waals surface area contributed by atoms with E-state index in [0.717, 1.165) is 24.0 Å². The number of carbonyl (C=O) groups is 1. The van der Waals surface area contributed by atoms with Crippen LogP contribution in [0.25, 0.3) is 10.8 Å². The Bertz CT molecular complexity index is 987. The minimum atomic E-state index is -0.305. The molecule has 0 saturated carbocycles. The summed E-state index contributed by atoms with van der Waals surface area (Å²) in [4.78, 5) is 12.4. The maximum atomic E-state index is 12.4. The molecule has 3 N–H and O–H groups in total. The molecule has 0 spiro atoms. The zero-order valence-electron chi connectivity index (χ0n) is 15.6. The van der Waals surface area contributed by atoms with Gasteiger partial charge in [0.15, 0.2) is 5.11 Å². The highest BCUT2D eigenvalue weighted by Crippen LogP contribution is 2.29. The summed E-state index contributed by atoms with van der Waals surface area (Å²) in [6, 6.07) is 17.7. The monoisotopic (exact) mass is 394 g/mol. The summed E-state index contributed by atoms with van der Waals surface area (Å²) in [7, 11) is 0. The van der Waals surface area contributed by atoms with Gasteiger partial charge in [0.25, 0.3) is 5.91 Å². The first-order chi connectivity index (χ1) is 13.6. The summed E-state index contributed by atoms with van der Waals surface area (Å²) in [5.41, 5.74) is 1.20. The number of rotatable bonds is 6. The zero-order chi connectivity index (χ0) is 19.9. The summed E-state index contributed by atoms with van der Waals surface area (Å²) < 4.78 is 5.60. The van der Waals surface area contributed by atoms with Crippen LogP contribution in [0, 0.1) is 0 Å². The average Bonchev–Trinajstić information content (AvgIpc) is 2.69. The molecule has 0 aliphatic rings. The van der Waals surface area contributed by atoms with Gasteiger partial charge in [-0.1, -0.05) is 37.6 Å². The van der Waals surface area contributed by atoms with Gasteiger partial charge in [0.1, 0.15) is 11.5 Å². The van der Waals surface area contributed by atoms with Crippen molar-refractivity contribution in [3.8, 4) is 11.5 Å². The van der Waals surface area contributed by atoms with Gasteiger partial charge in [0.2, 0.25) is 0 Å². The number of phenols is 1. The lowest BCUT2D eigenvalue weighted by molar-refractivity contribution is 0.0977. The van der Waals surface area contributed by atoms with Crippen LogP contribution < -0.4 is 15.4 Å². The van der Waals surface area contributed by atoms with Crippen LogP contribution in [0.15, 0.2) is 60.7 Å². The van der Waals surface area contributed by atoms with Crippen LogP contribution in [0.1, 0.15) is 30.1 Å². The van der Waals surface area contributed by atoms with E-state index < -0.39 is 0 Å². The molecule has 0 atom stereocenters. The highest BCUT2D eigenvalue weighted by atomic mass is 32.1. The lowest BCUT2D eigenvalue weighted by Crippen LogP contribution is -2.34. The second-order valence-corrected chi connectivity index (χ2v) is 6.72. The Balaban J connectivity index is 1.63. The Morgan fingerprint density at radius 3 is 2.50 bits per heavy atom. The number of hydrogen-bond donors (Lipinski definition) is 3. The van der Waals surface area contributed by atoms with Gasteiger partial charge in [-0.2, -0.15) is 0 Å². The van der Waals surface area contributed by atoms with E-state index in [-0.39, 0.29) is 16.8 Å². The average molecular weight is 394 g/mol. The first-order valence-corrected chi connectivity index (χ1v) is 9.55. The SMILES string of the molecule is CCCCOc1ccc(C(=O)NC(=S)Nc2cccc3c(O)cccc23)cc1. The highest BCUT2D eigenvalue weighted by Gasteiger charge is 2.10. The van der Waals surface area contributed by atoms with Crippen molar-refractivity contribution >= 4 is 39.7 Å². The molecule has 0 fully saturated rings. The summed E-state index contributed by atoms with van der Waals surface area (Å²) >= 11 is 5.27. The second-order valence-electron chi connectivity index (χ2n) is 6.31. The van der Waals surface area contributed by atoms with Crippen LogP contribution >= 0.6 is 12.2 Å². The van der Waals surface area contributed by atoms with Gasteiger partial charge in [0, 0.05) is 22.0 Å². The standard InChI is InChI=1S/C22H22N2O3S/c1-2-3-14-27-16-12-10-15(11-13-16)21(26)24-22(28)23-19-8-4-7-18-17(19)6-5-9-20(18)25/h4-13,25H,2-3,14H2,1H3,(H2,23,24,26,28). The summed E-state index contributed by atoms with van der Waals surface area (Å²) in [6.45, 7) is 2.77. The predicted molar refractivity (Wildman–Crippen MR) is 116 cm³/mol. The van der Waals surface area contributed by atoms with Crippen LogP contribution in [0.4, 0.5) is 5.69 Å². The fourth-order valence-corrected chi connectivity index (χ4v) is 2.97. The zero-order valence-corrected chi connectivity index (χ0v) is 16.4. The van der Waals surface area contributed by atoms with Gasteiger partial charge < -0.3 is 15.2 Å². The first-order valence-electron chi connectivity index (χ1n) is 9.14. The van der Waals surface area contributed by atoms with Crippen LogP contribution in [-0.2, 0) is 0 Å². The van der Waals surface area contributed by atoms with E-state index in [2.05, 4.69) is 17.6 Å². The molecular weight excluding hydrogens is 372 g/mol. The number of ether oxygens (including phenoxy) is 1. The predicted octanol–water partition coefficient (Wildman–Crippen LogP) is 4.85. The van der Waals surface area contributed by atoms with Crippen LogP contribution in [0.5, 0.6) is 11.5 Å². The Hall–Kier alpha value is -3.12. The number of amides is 1. The summed E-state index contributed by atoms with van der Waals surface area (Å²) in [5, 5.41) is 17.4. The number of anilines is 1. The smallest absolute Gasteiger partial charge is 0.257 e. The van der Waals surface area contributed by atoms with Gasteiger partial charge in [0.05, 0.1) is 6.61 Å². The lowest BCUT2D eigenvalue weighted by atomic mass is 10.1. The van der Waals surface area contributed by atoms with Crippen molar-refractivity contribution in [2.24, 2.45) is 0 Å². The van der Waals surface area contributed by atoms with Crippen molar-refractivity contribution in [3.63, 3.8) is 0 Å². The quantitative estimate of drug-likeness (QED) is 0.412. The van der Waals surface area contributed by atoms with E-state index in [0.29, 0.717) is 23.2 Å². The summed E-state index contributed by atoms with van der Waals surface area (Å²) in [6.07, 6.45) is 2.06. The number of aromatic hydroxyl groups is 1. The van der Waals surface area contributed by atoms with E-state index in [4.69, 9.17) is 17.0 Å². The molecule has 3 rings (SSSR count). The van der Waals surface area contributed by atoms with Crippen molar-refractivity contribution < 1.29 is 14.6 Å². The van der Waals surface area contributed by atoms with E-state index >= 15 is 0 Å². The Morgan fingerprint density at radius 1 is 1.04 bits per heavy atom. The van der Waals surface area contributed by atoms with E-state index in [1.165, 1.54) is 0 Å². The molecule has 3 aromatic carbocycles. The topological polar surface area (TPSA) is 70.6 Å². The molecule has 144 valence electrons. The molecule has 3 aromatic rings. The van der Waals surface area contributed by atoms with E-state index in [9.17, 15) is 9.90 Å². The molecule has 6 heteroatoms. The number of fused-ring (bicyclic) bond motifs is 1. The number of carbonyl (C=O) groups excluding carboxylic acids is 1. The Kier molecular flexibility index (Phi) is 6.45.